The minimum atomic E-state index is -0.160. The number of pyridine rings is 1. The number of anilines is 1. The smallest absolute Gasteiger partial charge is 0.128 e. The normalized spacial score (nSPS) is 21.5. The molecule has 0 radical (unpaired) electrons. The van der Waals surface area contributed by atoms with Crippen molar-refractivity contribution in [3.63, 3.8) is 0 Å². The minimum Gasteiger partial charge on any atom is -0.354 e. The zero-order chi connectivity index (χ0) is 17.8. The van der Waals surface area contributed by atoms with E-state index in [2.05, 4.69) is 33.0 Å². The van der Waals surface area contributed by atoms with E-state index in [-0.39, 0.29) is 5.82 Å². The van der Waals surface area contributed by atoms with Gasteiger partial charge in [-0.15, -0.1) is 0 Å². The van der Waals surface area contributed by atoms with Gasteiger partial charge in [0.2, 0.25) is 0 Å². The van der Waals surface area contributed by atoms with Gasteiger partial charge in [0.1, 0.15) is 11.6 Å². The maximum absolute atomic E-state index is 13.2. The third-order valence-corrected chi connectivity index (χ3v) is 5.55. The Morgan fingerprint density at radius 1 is 1.00 bits per heavy atom. The van der Waals surface area contributed by atoms with Crippen LogP contribution in [0.2, 0.25) is 0 Å². The molecule has 1 saturated heterocycles. The molecule has 4 heteroatoms. The van der Waals surface area contributed by atoms with Crippen LogP contribution in [0.3, 0.4) is 0 Å². The Morgan fingerprint density at radius 3 is 2.54 bits per heavy atom. The zero-order valence-electron chi connectivity index (χ0n) is 15.1. The number of benzene rings is 1. The van der Waals surface area contributed by atoms with Gasteiger partial charge in [-0.05, 0) is 60.6 Å². The molecule has 1 fully saturated rings. The number of halogens is 1. The number of rotatable bonds is 4. The van der Waals surface area contributed by atoms with E-state index in [0.29, 0.717) is 5.92 Å². The van der Waals surface area contributed by atoms with Crippen LogP contribution in [-0.4, -0.2) is 42.6 Å². The molecular weight excluding hydrogens is 325 g/mol. The molecule has 1 aliphatic carbocycles. The number of allylic oxidation sites excluding steroid dienone is 2. The molecule has 136 valence electrons. The number of nitrogens with zero attached hydrogens (tertiary/aromatic N) is 3. The quantitative estimate of drug-likeness (QED) is 0.822. The van der Waals surface area contributed by atoms with Gasteiger partial charge in [-0.3, -0.25) is 4.90 Å². The van der Waals surface area contributed by atoms with Gasteiger partial charge in [0.25, 0.3) is 0 Å². The van der Waals surface area contributed by atoms with Crippen LogP contribution in [0.5, 0.6) is 0 Å². The Kier molecular flexibility index (Phi) is 5.30. The highest BCUT2D eigenvalue weighted by molar-refractivity contribution is 5.66. The fraction of sp³-hybridized carbons (Fsp3) is 0.409. The molecule has 2 aromatic rings. The first-order valence-corrected chi connectivity index (χ1v) is 9.61. The van der Waals surface area contributed by atoms with Gasteiger partial charge < -0.3 is 4.90 Å². The lowest BCUT2D eigenvalue weighted by Gasteiger charge is -2.37. The first-order chi connectivity index (χ1) is 12.8. The number of hydrogen-bond donors (Lipinski definition) is 0. The summed E-state index contributed by atoms with van der Waals surface area (Å²) in [5.41, 5.74) is 2.56. The summed E-state index contributed by atoms with van der Waals surface area (Å²) in [6, 6.07) is 13.1. The minimum absolute atomic E-state index is 0.160. The summed E-state index contributed by atoms with van der Waals surface area (Å²) in [6.07, 6.45) is 7.69. The molecule has 0 amide bonds. The number of hydrogen-bond acceptors (Lipinski definition) is 3. The average Bonchev–Trinajstić information content (AvgIpc) is 2.70. The summed E-state index contributed by atoms with van der Waals surface area (Å²) >= 11 is 0. The van der Waals surface area contributed by atoms with Crippen molar-refractivity contribution in [3.8, 4) is 0 Å². The summed E-state index contributed by atoms with van der Waals surface area (Å²) in [5.74, 6) is 1.63. The molecule has 1 aliphatic heterocycles. The summed E-state index contributed by atoms with van der Waals surface area (Å²) in [5, 5.41) is 0. The van der Waals surface area contributed by atoms with E-state index in [4.69, 9.17) is 0 Å². The molecule has 2 aliphatic rings. The Balaban J connectivity index is 1.30. The SMILES string of the molecule is Fc1ccc(C2=CCCC(CN3CCN(c4ccccn4)CC3)C2)cc1. The van der Waals surface area contributed by atoms with Gasteiger partial charge in [0.05, 0.1) is 0 Å². The largest absolute Gasteiger partial charge is 0.354 e. The third kappa shape index (κ3) is 4.13. The predicted molar refractivity (Wildman–Crippen MR) is 105 cm³/mol. The van der Waals surface area contributed by atoms with Crippen molar-refractivity contribution >= 4 is 11.4 Å². The van der Waals surface area contributed by atoms with E-state index < -0.39 is 0 Å². The van der Waals surface area contributed by atoms with E-state index in [9.17, 15) is 4.39 Å². The van der Waals surface area contributed by atoms with Crippen LogP contribution in [0.1, 0.15) is 24.8 Å². The van der Waals surface area contributed by atoms with Crippen LogP contribution >= 0.6 is 0 Å². The monoisotopic (exact) mass is 351 g/mol. The fourth-order valence-corrected chi connectivity index (χ4v) is 4.11. The lowest BCUT2D eigenvalue weighted by atomic mass is 9.85. The van der Waals surface area contributed by atoms with Gasteiger partial charge in [-0.25, -0.2) is 9.37 Å². The standard InChI is InChI=1S/C22H26FN3/c23-21-9-7-19(8-10-21)20-5-3-4-18(16-20)17-25-12-14-26(15-13-25)22-6-1-2-11-24-22/h1-2,5-11,18H,3-4,12-17H2. The van der Waals surface area contributed by atoms with E-state index in [1.807, 2.05) is 24.4 Å². The maximum Gasteiger partial charge on any atom is 0.128 e. The molecule has 0 bridgehead atoms. The molecule has 1 atom stereocenters. The second-order valence-electron chi connectivity index (χ2n) is 7.36. The van der Waals surface area contributed by atoms with E-state index in [1.165, 1.54) is 17.6 Å². The summed E-state index contributed by atoms with van der Waals surface area (Å²) < 4.78 is 13.2. The third-order valence-electron chi connectivity index (χ3n) is 5.55. The second-order valence-corrected chi connectivity index (χ2v) is 7.36. The van der Waals surface area contributed by atoms with Gasteiger partial charge >= 0.3 is 0 Å². The molecule has 1 unspecified atom stereocenters. The van der Waals surface area contributed by atoms with Gasteiger partial charge in [0, 0.05) is 38.9 Å². The maximum atomic E-state index is 13.2. The van der Waals surface area contributed by atoms with Gasteiger partial charge in [-0.2, -0.15) is 0 Å². The fourth-order valence-electron chi connectivity index (χ4n) is 4.11. The van der Waals surface area contributed by atoms with Crippen molar-refractivity contribution in [3.05, 3.63) is 66.1 Å². The van der Waals surface area contributed by atoms with Crippen LogP contribution in [0.25, 0.3) is 5.57 Å². The number of piperazine rings is 1. The Labute approximate surface area is 155 Å². The van der Waals surface area contributed by atoms with Crippen molar-refractivity contribution < 1.29 is 4.39 Å². The van der Waals surface area contributed by atoms with Crippen LogP contribution in [0.15, 0.2) is 54.7 Å². The molecule has 4 rings (SSSR count). The van der Waals surface area contributed by atoms with E-state index >= 15 is 0 Å². The molecule has 1 aromatic heterocycles. The first-order valence-electron chi connectivity index (χ1n) is 9.61. The van der Waals surface area contributed by atoms with Crippen LogP contribution < -0.4 is 4.90 Å². The highest BCUT2D eigenvalue weighted by Crippen LogP contribution is 2.31. The molecule has 0 saturated carbocycles. The van der Waals surface area contributed by atoms with E-state index in [1.54, 1.807) is 12.1 Å². The van der Waals surface area contributed by atoms with Crippen molar-refractivity contribution in [2.45, 2.75) is 19.3 Å². The molecule has 26 heavy (non-hydrogen) atoms. The van der Waals surface area contributed by atoms with E-state index in [0.717, 1.165) is 51.4 Å². The number of aromatic nitrogens is 1. The van der Waals surface area contributed by atoms with Crippen molar-refractivity contribution in [2.75, 3.05) is 37.6 Å². The molecule has 1 aromatic carbocycles. The highest BCUT2D eigenvalue weighted by Gasteiger charge is 2.23. The second kappa shape index (κ2) is 8.00. The molecule has 3 nitrogen and oxygen atoms in total. The summed E-state index contributed by atoms with van der Waals surface area (Å²) in [4.78, 5) is 9.44. The predicted octanol–water partition coefficient (Wildman–Crippen LogP) is 4.23. The Hall–Kier alpha value is -2.20. The van der Waals surface area contributed by atoms with Crippen molar-refractivity contribution in [1.29, 1.82) is 0 Å². The van der Waals surface area contributed by atoms with Crippen molar-refractivity contribution in [2.24, 2.45) is 5.92 Å². The molecule has 2 heterocycles. The Bertz CT molecular complexity index is 734. The summed E-state index contributed by atoms with van der Waals surface area (Å²) in [6.45, 7) is 5.45. The van der Waals surface area contributed by atoms with Crippen LogP contribution in [0.4, 0.5) is 10.2 Å². The van der Waals surface area contributed by atoms with Crippen LogP contribution in [0, 0.1) is 11.7 Å². The molecule has 0 spiro atoms. The van der Waals surface area contributed by atoms with Crippen LogP contribution in [-0.2, 0) is 0 Å². The Morgan fingerprint density at radius 2 is 1.81 bits per heavy atom. The molecular formula is C22H26FN3. The molecule has 0 N–H and O–H groups in total. The van der Waals surface area contributed by atoms with Gasteiger partial charge in [0.15, 0.2) is 0 Å². The lowest BCUT2D eigenvalue weighted by molar-refractivity contribution is 0.212. The average molecular weight is 351 g/mol. The lowest BCUT2D eigenvalue weighted by Crippen LogP contribution is -2.48. The highest BCUT2D eigenvalue weighted by atomic mass is 19.1. The van der Waals surface area contributed by atoms with Crippen molar-refractivity contribution in [1.82, 2.24) is 9.88 Å². The summed E-state index contributed by atoms with van der Waals surface area (Å²) in [7, 11) is 0. The topological polar surface area (TPSA) is 19.4 Å². The zero-order valence-corrected chi connectivity index (χ0v) is 15.1. The van der Waals surface area contributed by atoms with Gasteiger partial charge in [-0.1, -0.05) is 24.3 Å². The first kappa shape index (κ1) is 17.2.